The lowest BCUT2D eigenvalue weighted by Gasteiger charge is -2.32. The predicted molar refractivity (Wildman–Crippen MR) is 122 cm³/mol. The van der Waals surface area contributed by atoms with E-state index in [0.29, 0.717) is 5.69 Å². The molecule has 140 valence electrons. The normalized spacial score (nSPS) is 17.4. The molecule has 8 heteroatoms. The first-order chi connectivity index (χ1) is 12.7. The van der Waals surface area contributed by atoms with Crippen molar-refractivity contribution in [2.24, 2.45) is 0 Å². The van der Waals surface area contributed by atoms with Gasteiger partial charge in [0.05, 0.1) is 11.2 Å². The van der Waals surface area contributed by atoms with E-state index in [2.05, 4.69) is 33.0 Å². The van der Waals surface area contributed by atoms with Crippen LogP contribution in [-0.4, -0.2) is 29.5 Å². The number of hydrogen-bond acceptors (Lipinski definition) is 3. The standard InChI is InChI=1S/C19H23B2IN2O3/c1-18(2)19(3,4)27-21(26-18)14-7-11-16(12-8-14)24-17(25)23-15-9-5-13(20-22)6-10-15/h5-12,20H,1-4H3,(H2,23,24,25). The van der Waals surface area contributed by atoms with E-state index in [9.17, 15) is 4.79 Å². The van der Waals surface area contributed by atoms with Crippen LogP contribution in [0.3, 0.4) is 0 Å². The molecular weight excluding hydrogens is 453 g/mol. The molecule has 1 aliphatic heterocycles. The van der Waals surface area contributed by atoms with Crippen LogP contribution in [0.1, 0.15) is 27.7 Å². The fraction of sp³-hybridized carbons (Fsp3) is 0.316. The minimum Gasteiger partial charge on any atom is -0.399 e. The van der Waals surface area contributed by atoms with Gasteiger partial charge in [-0.05, 0) is 57.4 Å². The van der Waals surface area contributed by atoms with E-state index in [0.717, 1.165) is 16.3 Å². The molecule has 1 fully saturated rings. The second kappa shape index (κ2) is 7.85. The van der Waals surface area contributed by atoms with Gasteiger partial charge in [-0.1, -0.05) is 29.7 Å². The Kier molecular flexibility index (Phi) is 5.88. The third-order valence-corrected chi connectivity index (χ3v) is 5.94. The molecule has 2 N–H and O–H groups in total. The van der Waals surface area contributed by atoms with Crippen LogP contribution in [0.2, 0.25) is 0 Å². The molecule has 0 bridgehead atoms. The molecule has 27 heavy (non-hydrogen) atoms. The predicted octanol–water partition coefficient (Wildman–Crippen LogP) is 3.04. The zero-order chi connectivity index (χ0) is 19.7. The summed E-state index contributed by atoms with van der Waals surface area (Å²) >= 11 is 2.31. The third-order valence-electron chi connectivity index (χ3n) is 5.06. The van der Waals surface area contributed by atoms with Gasteiger partial charge < -0.3 is 19.9 Å². The van der Waals surface area contributed by atoms with E-state index in [-0.39, 0.29) is 17.2 Å². The van der Waals surface area contributed by atoms with Crippen LogP contribution in [0.4, 0.5) is 16.2 Å². The number of benzene rings is 2. The molecule has 2 aromatic carbocycles. The number of rotatable bonds is 4. The number of amides is 2. The zero-order valence-corrected chi connectivity index (χ0v) is 18.2. The van der Waals surface area contributed by atoms with E-state index in [1.165, 1.54) is 5.46 Å². The van der Waals surface area contributed by atoms with E-state index < -0.39 is 7.12 Å². The molecule has 0 spiro atoms. The van der Waals surface area contributed by atoms with Gasteiger partial charge >= 0.3 is 13.1 Å². The first kappa shape index (κ1) is 20.2. The summed E-state index contributed by atoms with van der Waals surface area (Å²) in [5, 5.41) is 6.61. The van der Waals surface area contributed by atoms with Gasteiger partial charge in [-0.2, -0.15) is 0 Å². The monoisotopic (exact) mass is 476 g/mol. The fourth-order valence-corrected chi connectivity index (χ4v) is 3.18. The van der Waals surface area contributed by atoms with E-state index in [1.54, 1.807) is 0 Å². The van der Waals surface area contributed by atoms with Gasteiger partial charge in [-0.3, -0.25) is 0 Å². The van der Waals surface area contributed by atoms with Crippen LogP contribution in [0, 0.1) is 0 Å². The van der Waals surface area contributed by atoms with Gasteiger partial charge in [0.2, 0.25) is 5.14 Å². The molecule has 2 amide bonds. The number of urea groups is 1. The Morgan fingerprint density at radius 3 is 1.78 bits per heavy atom. The van der Waals surface area contributed by atoms with Crippen molar-refractivity contribution in [2.45, 2.75) is 38.9 Å². The second-order valence-corrected chi connectivity index (χ2v) is 8.38. The summed E-state index contributed by atoms with van der Waals surface area (Å²) in [4.78, 5) is 12.2. The molecule has 0 atom stereocenters. The van der Waals surface area contributed by atoms with Gasteiger partial charge in [0.1, 0.15) is 0 Å². The molecule has 1 heterocycles. The lowest BCUT2D eigenvalue weighted by molar-refractivity contribution is 0.00578. The quantitative estimate of drug-likeness (QED) is 0.528. The first-order valence-corrected chi connectivity index (χ1v) is 10.4. The lowest BCUT2D eigenvalue weighted by atomic mass is 9.79. The van der Waals surface area contributed by atoms with Crippen molar-refractivity contribution in [1.29, 1.82) is 0 Å². The number of anilines is 2. The summed E-state index contributed by atoms with van der Waals surface area (Å²) in [5.74, 6) is 0. The minimum atomic E-state index is -0.408. The maximum Gasteiger partial charge on any atom is 0.494 e. The number of hydrogen-bond donors (Lipinski definition) is 2. The highest BCUT2D eigenvalue weighted by atomic mass is 127. The fourth-order valence-electron chi connectivity index (χ4n) is 2.67. The highest BCUT2D eigenvalue weighted by Crippen LogP contribution is 2.36. The Labute approximate surface area is 174 Å². The van der Waals surface area contributed by atoms with Crippen LogP contribution in [-0.2, 0) is 9.31 Å². The Balaban J connectivity index is 1.60. The maximum atomic E-state index is 12.2. The molecule has 0 saturated carbocycles. The molecule has 0 unspecified atom stereocenters. The number of halogens is 1. The topological polar surface area (TPSA) is 59.6 Å². The molecule has 1 saturated heterocycles. The van der Waals surface area contributed by atoms with E-state index in [4.69, 9.17) is 9.31 Å². The smallest absolute Gasteiger partial charge is 0.399 e. The summed E-state index contributed by atoms with van der Waals surface area (Å²) in [6.07, 6.45) is 0. The number of carbonyl (C=O) groups is 1. The van der Waals surface area contributed by atoms with Crippen molar-refractivity contribution in [1.82, 2.24) is 0 Å². The van der Waals surface area contributed by atoms with Crippen LogP contribution in [0.15, 0.2) is 48.5 Å². The van der Waals surface area contributed by atoms with E-state index in [1.807, 2.05) is 76.2 Å². The summed E-state index contributed by atoms with van der Waals surface area (Å²) < 4.78 is 12.1. The van der Waals surface area contributed by atoms with Crippen molar-refractivity contribution < 1.29 is 14.1 Å². The molecule has 0 aliphatic carbocycles. The van der Waals surface area contributed by atoms with Gasteiger partial charge in [0, 0.05) is 11.4 Å². The average Bonchev–Trinajstić information content (AvgIpc) is 2.84. The zero-order valence-electron chi connectivity index (χ0n) is 16.0. The first-order valence-electron chi connectivity index (χ1n) is 8.89. The number of nitrogens with one attached hydrogen (secondary N) is 2. The largest absolute Gasteiger partial charge is 0.494 e. The maximum absolute atomic E-state index is 12.2. The molecule has 1 aliphatic rings. The highest BCUT2D eigenvalue weighted by molar-refractivity contribution is 14.1. The summed E-state index contributed by atoms with van der Waals surface area (Å²) in [6.45, 7) is 8.11. The van der Waals surface area contributed by atoms with Crippen molar-refractivity contribution in [3.63, 3.8) is 0 Å². The SMILES string of the molecule is CC1(C)OB(c2ccc(NC(=O)Nc3ccc(BI)cc3)cc2)OC1(C)C. The molecular formula is C19H23B2IN2O3. The molecule has 3 rings (SSSR count). The summed E-state index contributed by atoms with van der Waals surface area (Å²) in [7, 11) is -0.408. The van der Waals surface area contributed by atoms with Crippen LogP contribution >= 0.6 is 22.4 Å². The molecule has 5 nitrogen and oxygen atoms in total. The van der Waals surface area contributed by atoms with Gasteiger partial charge in [0.15, 0.2) is 0 Å². The molecule has 0 aromatic heterocycles. The third kappa shape index (κ3) is 4.67. The number of carbonyl (C=O) groups excluding carboxylic acids is 1. The second-order valence-electron chi connectivity index (χ2n) is 7.62. The Morgan fingerprint density at radius 2 is 1.33 bits per heavy atom. The summed E-state index contributed by atoms with van der Waals surface area (Å²) in [6, 6.07) is 15.0. The van der Waals surface area contributed by atoms with Crippen molar-refractivity contribution >= 4 is 63.0 Å². The van der Waals surface area contributed by atoms with Crippen molar-refractivity contribution in [3.8, 4) is 0 Å². The lowest BCUT2D eigenvalue weighted by Crippen LogP contribution is -2.41. The van der Waals surface area contributed by atoms with Gasteiger partial charge in [-0.15, -0.1) is 22.4 Å². The van der Waals surface area contributed by atoms with Gasteiger partial charge in [0.25, 0.3) is 0 Å². The van der Waals surface area contributed by atoms with Crippen molar-refractivity contribution in [3.05, 3.63) is 48.5 Å². The van der Waals surface area contributed by atoms with Crippen LogP contribution < -0.4 is 21.6 Å². The molecule has 0 radical (unpaired) electrons. The minimum absolute atomic E-state index is 0.277. The Morgan fingerprint density at radius 1 is 0.889 bits per heavy atom. The average molecular weight is 476 g/mol. The Bertz CT molecular complexity index is 795. The van der Waals surface area contributed by atoms with Crippen LogP contribution in [0.25, 0.3) is 0 Å². The van der Waals surface area contributed by atoms with Crippen molar-refractivity contribution in [2.75, 3.05) is 10.6 Å². The molecule has 2 aromatic rings. The van der Waals surface area contributed by atoms with Crippen LogP contribution in [0.5, 0.6) is 0 Å². The van der Waals surface area contributed by atoms with Gasteiger partial charge in [-0.25, -0.2) is 4.79 Å². The Hall–Kier alpha value is -1.51. The van der Waals surface area contributed by atoms with E-state index >= 15 is 0 Å². The highest BCUT2D eigenvalue weighted by Gasteiger charge is 2.51. The summed E-state index contributed by atoms with van der Waals surface area (Å²) in [5.41, 5.74) is 2.86.